The van der Waals surface area contributed by atoms with Crippen LogP contribution in [0.5, 0.6) is 0 Å². The SMILES string of the molecule is CC(N)=NCc1cccc(CNCc2ccccc2[N+](=O)[O-])c1. The Balaban J connectivity index is 1.95. The van der Waals surface area contributed by atoms with E-state index in [4.69, 9.17) is 5.73 Å². The lowest BCUT2D eigenvalue weighted by molar-refractivity contribution is -0.385. The van der Waals surface area contributed by atoms with Gasteiger partial charge in [-0.05, 0) is 18.1 Å². The summed E-state index contributed by atoms with van der Waals surface area (Å²) in [5, 5.41) is 14.2. The highest BCUT2D eigenvalue weighted by Gasteiger charge is 2.11. The molecule has 0 aromatic heterocycles. The van der Waals surface area contributed by atoms with Crippen molar-refractivity contribution >= 4 is 11.5 Å². The molecule has 23 heavy (non-hydrogen) atoms. The average molecular weight is 312 g/mol. The maximum atomic E-state index is 11.0. The monoisotopic (exact) mass is 312 g/mol. The molecule has 0 radical (unpaired) electrons. The Morgan fingerprint density at radius 3 is 2.65 bits per heavy atom. The summed E-state index contributed by atoms with van der Waals surface area (Å²) in [6.07, 6.45) is 0. The summed E-state index contributed by atoms with van der Waals surface area (Å²) >= 11 is 0. The van der Waals surface area contributed by atoms with Crippen LogP contribution in [0.1, 0.15) is 23.6 Å². The Bertz CT molecular complexity index is 709. The molecule has 6 nitrogen and oxygen atoms in total. The van der Waals surface area contributed by atoms with Crippen LogP contribution in [-0.2, 0) is 19.6 Å². The molecular formula is C17H20N4O2. The molecule has 0 bridgehead atoms. The normalized spacial score (nSPS) is 11.4. The molecule has 0 aliphatic carbocycles. The van der Waals surface area contributed by atoms with Gasteiger partial charge < -0.3 is 11.1 Å². The number of amidine groups is 1. The van der Waals surface area contributed by atoms with Crippen LogP contribution in [-0.4, -0.2) is 10.8 Å². The van der Waals surface area contributed by atoms with E-state index in [1.807, 2.05) is 18.2 Å². The zero-order chi connectivity index (χ0) is 16.7. The van der Waals surface area contributed by atoms with Crippen LogP contribution in [0.3, 0.4) is 0 Å². The van der Waals surface area contributed by atoms with Gasteiger partial charge in [0.1, 0.15) is 0 Å². The number of nitro groups is 1. The fraction of sp³-hybridized carbons (Fsp3) is 0.235. The van der Waals surface area contributed by atoms with Crippen LogP contribution >= 0.6 is 0 Å². The van der Waals surface area contributed by atoms with Gasteiger partial charge >= 0.3 is 0 Å². The van der Waals surface area contributed by atoms with Crippen molar-refractivity contribution in [2.24, 2.45) is 10.7 Å². The summed E-state index contributed by atoms with van der Waals surface area (Å²) in [7, 11) is 0. The molecule has 0 amide bonds. The maximum absolute atomic E-state index is 11.0. The molecule has 0 atom stereocenters. The van der Waals surface area contributed by atoms with Gasteiger partial charge in [0.25, 0.3) is 5.69 Å². The fourth-order valence-electron chi connectivity index (χ4n) is 2.23. The van der Waals surface area contributed by atoms with E-state index in [0.717, 1.165) is 11.1 Å². The van der Waals surface area contributed by atoms with E-state index < -0.39 is 0 Å². The molecular weight excluding hydrogens is 292 g/mol. The first-order valence-electron chi connectivity index (χ1n) is 7.33. The lowest BCUT2D eigenvalue weighted by Crippen LogP contribution is -2.14. The van der Waals surface area contributed by atoms with Crippen LogP contribution in [0.2, 0.25) is 0 Å². The van der Waals surface area contributed by atoms with E-state index in [0.29, 0.717) is 31.0 Å². The van der Waals surface area contributed by atoms with Crippen molar-refractivity contribution in [3.63, 3.8) is 0 Å². The first-order valence-corrected chi connectivity index (χ1v) is 7.33. The summed E-state index contributed by atoms with van der Waals surface area (Å²) in [6.45, 7) is 3.39. The minimum Gasteiger partial charge on any atom is -0.388 e. The molecule has 0 fully saturated rings. The lowest BCUT2D eigenvalue weighted by Gasteiger charge is -2.07. The number of aliphatic imine (C=N–C) groups is 1. The smallest absolute Gasteiger partial charge is 0.273 e. The number of nitrogens with two attached hydrogens (primary N) is 1. The van der Waals surface area contributed by atoms with E-state index in [9.17, 15) is 10.1 Å². The summed E-state index contributed by atoms with van der Waals surface area (Å²) in [6, 6.07) is 14.8. The van der Waals surface area contributed by atoms with Gasteiger partial charge in [-0.1, -0.05) is 42.5 Å². The first-order chi connectivity index (χ1) is 11.1. The average Bonchev–Trinajstić information content (AvgIpc) is 2.53. The number of nitro benzene ring substituents is 1. The molecule has 2 rings (SSSR count). The van der Waals surface area contributed by atoms with Crippen molar-refractivity contribution < 1.29 is 4.92 Å². The van der Waals surface area contributed by atoms with Crippen LogP contribution in [0, 0.1) is 10.1 Å². The molecule has 0 saturated carbocycles. The second kappa shape index (κ2) is 8.05. The molecule has 2 aromatic carbocycles. The molecule has 120 valence electrons. The Morgan fingerprint density at radius 2 is 1.91 bits per heavy atom. The maximum Gasteiger partial charge on any atom is 0.273 e. The van der Waals surface area contributed by atoms with Gasteiger partial charge in [0, 0.05) is 24.7 Å². The van der Waals surface area contributed by atoms with E-state index in [1.165, 1.54) is 6.07 Å². The number of benzene rings is 2. The molecule has 3 N–H and O–H groups in total. The van der Waals surface area contributed by atoms with Gasteiger partial charge in [0.05, 0.1) is 17.3 Å². The summed E-state index contributed by atoms with van der Waals surface area (Å²) < 4.78 is 0. The topological polar surface area (TPSA) is 93.5 Å². The van der Waals surface area contributed by atoms with Crippen LogP contribution in [0.4, 0.5) is 5.69 Å². The van der Waals surface area contributed by atoms with Gasteiger partial charge in [-0.2, -0.15) is 0 Å². The lowest BCUT2D eigenvalue weighted by atomic mass is 10.1. The molecule has 0 heterocycles. The van der Waals surface area contributed by atoms with Gasteiger partial charge in [-0.25, -0.2) is 0 Å². The number of para-hydroxylation sites is 1. The number of nitrogens with zero attached hydrogens (tertiary/aromatic N) is 2. The highest BCUT2D eigenvalue weighted by Crippen LogP contribution is 2.17. The van der Waals surface area contributed by atoms with Crippen LogP contribution in [0.15, 0.2) is 53.5 Å². The minimum absolute atomic E-state index is 0.140. The van der Waals surface area contributed by atoms with Crippen molar-refractivity contribution in [1.82, 2.24) is 5.32 Å². The predicted molar refractivity (Wildman–Crippen MR) is 91.1 cm³/mol. The quantitative estimate of drug-likeness (QED) is 0.356. The van der Waals surface area contributed by atoms with Crippen molar-refractivity contribution in [3.8, 4) is 0 Å². The van der Waals surface area contributed by atoms with Crippen LogP contribution in [0.25, 0.3) is 0 Å². The first kappa shape index (κ1) is 16.6. The molecule has 0 spiro atoms. The molecule has 0 saturated heterocycles. The van der Waals surface area contributed by atoms with Gasteiger partial charge in [-0.15, -0.1) is 0 Å². The Hall–Kier alpha value is -2.73. The van der Waals surface area contributed by atoms with E-state index in [2.05, 4.69) is 16.4 Å². The summed E-state index contributed by atoms with van der Waals surface area (Å²) in [4.78, 5) is 14.8. The fourth-order valence-corrected chi connectivity index (χ4v) is 2.23. The summed E-state index contributed by atoms with van der Waals surface area (Å²) in [5.74, 6) is 0.560. The standard InChI is InChI=1S/C17H20N4O2/c1-13(18)20-11-15-6-4-5-14(9-15)10-19-12-16-7-2-3-8-17(16)21(22)23/h2-9,19H,10-12H2,1H3,(H2,18,20). The Kier molecular flexibility index (Phi) is 5.82. The van der Waals surface area contributed by atoms with E-state index >= 15 is 0 Å². The number of rotatable bonds is 7. The van der Waals surface area contributed by atoms with Crippen molar-refractivity contribution in [2.75, 3.05) is 0 Å². The number of nitrogens with one attached hydrogen (secondary N) is 1. The van der Waals surface area contributed by atoms with Crippen molar-refractivity contribution in [3.05, 3.63) is 75.3 Å². The molecule has 6 heteroatoms. The van der Waals surface area contributed by atoms with E-state index in [-0.39, 0.29) is 10.6 Å². The number of hydrogen-bond acceptors (Lipinski definition) is 4. The van der Waals surface area contributed by atoms with Gasteiger partial charge in [-0.3, -0.25) is 15.1 Å². The Labute approximate surface area is 135 Å². The largest absolute Gasteiger partial charge is 0.388 e. The zero-order valence-corrected chi connectivity index (χ0v) is 13.0. The third kappa shape index (κ3) is 5.19. The molecule has 0 unspecified atom stereocenters. The number of hydrogen-bond donors (Lipinski definition) is 2. The second-order valence-electron chi connectivity index (χ2n) is 5.27. The van der Waals surface area contributed by atoms with Gasteiger partial charge in [0.15, 0.2) is 0 Å². The predicted octanol–water partition coefficient (Wildman–Crippen LogP) is 2.76. The highest BCUT2D eigenvalue weighted by molar-refractivity contribution is 5.77. The van der Waals surface area contributed by atoms with Crippen molar-refractivity contribution in [2.45, 2.75) is 26.6 Å². The van der Waals surface area contributed by atoms with Crippen LogP contribution < -0.4 is 11.1 Å². The summed E-state index contributed by atoms with van der Waals surface area (Å²) in [5.41, 5.74) is 8.55. The molecule has 2 aromatic rings. The second-order valence-corrected chi connectivity index (χ2v) is 5.27. The third-order valence-electron chi connectivity index (χ3n) is 3.34. The third-order valence-corrected chi connectivity index (χ3v) is 3.34. The zero-order valence-electron chi connectivity index (χ0n) is 13.0. The van der Waals surface area contributed by atoms with Crippen molar-refractivity contribution in [1.29, 1.82) is 0 Å². The van der Waals surface area contributed by atoms with E-state index in [1.54, 1.807) is 25.1 Å². The Morgan fingerprint density at radius 1 is 1.17 bits per heavy atom. The van der Waals surface area contributed by atoms with Gasteiger partial charge in [0.2, 0.25) is 0 Å². The minimum atomic E-state index is -0.356. The molecule has 0 aliphatic rings. The highest BCUT2D eigenvalue weighted by atomic mass is 16.6. The molecule has 0 aliphatic heterocycles.